The molecule has 0 aliphatic heterocycles. The molecule has 27 heavy (non-hydrogen) atoms. The Bertz CT molecular complexity index is 1090. The van der Waals surface area contributed by atoms with Crippen molar-refractivity contribution in [1.82, 2.24) is 19.4 Å². The molecule has 0 spiro atoms. The van der Waals surface area contributed by atoms with Crippen molar-refractivity contribution in [1.29, 1.82) is 0 Å². The molecule has 136 valence electrons. The van der Waals surface area contributed by atoms with E-state index in [1.54, 1.807) is 6.20 Å². The second kappa shape index (κ2) is 7.37. The van der Waals surface area contributed by atoms with E-state index in [1.165, 1.54) is 5.69 Å². The SMILES string of the molecule is CCCc1c(-c2cnc(Nc3ccc(C)nc3)c(Cl)c2)nc2ccccn12. The largest absolute Gasteiger partial charge is 0.338 e. The maximum atomic E-state index is 6.51. The molecule has 4 rings (SSSR count). The van der Waals surface area contributed by atoms with E-state index >= 15 is 0 Å². The number of nitrogens with one attached hydrogen (secondary N) is 1. The molecule has 4 heterocycles. The highest BCUT2D eigenvalue weighted by Gasteiger charge is 2.15. The number of nitrogens with zero attached hydrogens (tertiary/aromatic N) is 4. The number of aryl methyl sites for hydroxylation is 2. The van der Waals surface area contributed by atoms with E-state index in [4.69, 9.17) is 16.6 Å². The Morgan fingerprint density at radius 1 is 1.11 bits per heavy atom. The van der Waals surface area contributed by atoms with E-state index in [9.17, 15) is 0 Å². The minimum absolute atomic E-state index is 0.549. The van der Waals surface area contributed by atoms with Gasteiger partial charge in [0.15, 0.2) is 0 Å². The van der Waals surface area contributed by atoms with E-state index < -0.39 is 0 Å². The van der Waals surface area contributed by atoms with Gasteiger partial charge in [-0.1, -0.05) is 31.0 Å². The van der Waals surface area contributed by atoms with E-state index in [0.717, 1.165) is 41.1 Å². The van der Waals surface area contributed by atoms with E-state index in [-0.39, 0.29) is 0 Å². The van der Waals surface area contributed by atoms with Gasteiger partial charge in [0.05, 0.1) is 28.3 Å². The van der Waals surface area contributed by atoms with Crippen LogP contribution in [0.15, 0.2) is 55.0 Å². The van der Waals surface area contributed by atoms with Gasteiger partial charge in [-0.25, -0.2) is 9.97 Å². The molecule has 0 aliphatic rings. The van der Waals surface area contributed by atoms with Gasteiger partial charge in [-0.2, -0.15) is 0 Å². The lowest BCUT2D eigenvalue weighted by Gasteiger charge is -2.09. The molecule has 0 unspecified atom stereocenters. The van der Waals surface area contributed by atoms with Gasteiger partial charge in [-0.3, -0.25) is 4.98 Å². The Morgan fingerprint density at radius 2 is 2.00 bits per heavy atom. The first-order valence-electron chi connectivity index (χ1n) is 8.97. The zero-order valence-electron chi connectivity index (χ0n) is 15.3. The van der Waals surface area contributed by atoms with E-state index in [0.29, 0.717) is 10.8 Å². The first kappa shape index (κ1) is 17.5. The van der Waals surface area contributed by atoms with Gasteiger partial charge in [0.2, 0.25) is 0 Å². The zero-order valence-corrected chi connectivity index (χ0v) is 16.0. The van der Waals surface area contributed by atoms with Gasteiger partial charge < -0.3 is 9.72 Å². The summed E-state index contributed by atoms with van der Waals surface area (Å²) in [6.07, 6.45) is 7.61. The number of imidazole rings is 1. The summed E-state index contributed by atoms with van der Waals surface area (Å²) in [6.45, 7) is 4.12. The summed E-state index contributed by atoms with van der Waals surface area (Å²) in [7, 11) is 0. The molecule has 0 aromatic carbocycles. The summed E-state index contributed by atoms with van der Waals surface area (Å²) >= 11 is 6.51. The summed E-state index contributed by atoms with van der Waals surface area (Å²) in [5.41, 5.74) is 5.77. The molecule has 0 atom stereocenters. The highest BCUT2D eigenvalue weighted by molar-refractivity contribution is 6.33. The highest BCUT2D eigenvalue weighted by Crippen LogP contribution is 2.31. The van der Waals surface area contributed by atoms with Gasteiger partial charge in [0.1, 0.15) is 11.5 Å². The molecule has 4 aromatic heterocycles. The van der Waals surface area contributed by atoms with Crippen molar-refractivity contribution in [2.75, 3.05) is 5.32 Å². The molecule has 0 bridgehead atoms. The average Bonchev–Trinajstić information content (AvgIpc) is 3.04. The first-order valence-corrected chi connectivity index (χ1v) is 9.35. The fourth-order valence-electron chi connectivity index (χ4n) is 3.09. The second-order valence-corrected chi connectivity index (χ2v) is 6.86. The topological polar surface area (TPSA) is 55.1 Å². The third-order valence-corrected chi connectivity index (χ3v) is 4.69. The molecule has 0 amide bonds. The van der Waals surface area contributed by atoms with Gasteiger partial charge in [-0.15, -0.1) is 0 Å². The maximum absolute atomic E-state index is 6.51. The second-order valence-electron chi connectivity index (χ2n) is 6.45. The lowest BCUT2D eigenvalue weighted by Crippen LogP contribution is -1.97. The van der Waals surface area contributed by atoms with Crippen LogP contribution in [0.3, 0.4) is 0 Å². The first-order chi connectivity index (χ1) is 13.2. The molecule has 0 saturated heterocycles. The average molecular weight is 378 g/mol. The van der Waals surface area contributed by atoms with Crippen LogP contribution in [0.25, 0.3) is 16.9 Å². The smallest absolute Gasteiger partial charge is 0.149 e. The third kappa shape index (κ3) is 3.51. The van der Waals surface area contributed by atoms with Crippen LogP contribution in [0.1, 0.15) is 24.7 Å². The third-order valence-electron chi connectivity index (χ3n) is 4.40. The highest BCUT2D eigenvalue weighted by atomic mass is 35.5. The standard InChI is InChI=1S/C21H20ClN5/c1-3-6-18-20(26-19-7-4-5-10-27(18)19)15-11-17(22)21(24-12-15)25-16-9-8-14(2)23-13-16/h4-5,7-13H,3,6H2,1-2H3,(H,24,25). The molecule has 0 radical (unpaired) electrons. The number of pyridine rings is 3. The van der Waals surface area contributed by atoms with Crippen LogP contribution in [-0.4, -0.2) is 19.4 Å². The van der Waals surface area contributed by atoms with Crippen molar-refractivity contribution in [3.05, 3.63) is 71.4 Å². The fourth-order valence-corrected chi connectivity index (χ4v) is 3.30. The zero-order chi connectivity index (χ0) is 18.8. The number of rotatable bonds is 5. The maximum Gasteiger partial charge on any atom is 0.149 e. The predicted octanol–water partition coefficient (Wildman–Crippen LogP) is 5.45. The van der Waals surface area contributed by atoms with Gasteiger partial charge in [0, 0.05) is 23.7 Å². The van der Waals surface area contributed by atoms with Crippen molar-refractivity contribution < 1.29 is 0 Å². The Morgan fingerprint density at radius 3 is 2.74 bits per heavy atom. The number of hydrogen-bond acceptors (Lipinski definition) is 4. The molecule has 0 fully saturated rings. The van der Waals surface area contributed by atoms with Crippen molar-refractivity contribution in [2.24, 2.45) is 0 Å². The van der Waals surface area contributed by atoms with Crippen LogP contribution >= 0.6 is 11.6 Å². The molecule has 5 nitrogen and oxygen atoms in total. The monoisotopic (exact) mass is 377 g/mol. The van der Waals surface area contributed by atoms with E-state index in [2.05, 4.69) is 26.6 Å². The summed E-state index contributed by atoms with van der Waals surface area (Å²) in [5, 5.41) is 3.76. The van der Waals surface area contributed by atoms with Crippen LogP contribution < -0.4 is 5.32 Å². The van der Waals surface area contributed by atoms with Crippen LogP contribution in [0.2, 0.25) is 5.02 Å². The lowest BCUT2D eigenvalue weighted by molar-refractivity contribution is 0.870. The molecular weight excluding hydrogens is 358 g/mol. The summed E-state index contributed by atoms with van der Waals surface area (Å²) in [6, 6.07) is 11.8. The van der Waals surface area contributed by atoms with E-state index in [1.807, 2.05) is 55.7 Å². The number of halogens is 1. The Kier molecular flexibility index (Phi) is 4.77. The lowest BCUT2D eigenvalue weighted by atomic mass is 10.1. The number of hydrogen-bond donors (Lipinski definition) is 1. The van der Waals surface area contributed by atoms with Crippen molar-refractivity contribution in [2.45, 2.75) is 26.7 Å². The molecule has 6 heteroatoms. The van der Waals surface area contributed by atoms with Gasteiger partial charge in [0.25, 0.3) is 0 Å². The summed E-state index contributed by atoms with van der Waals surface area (Å²) in [5.74, 6) is 0.604. The Labute approximate surface area is 163 Å². The van der Waals surface area contributed by atoms with Crippen molar-refractivity contribution >= 4 is 28.8 Å². The fraction of sp³-hybridized carbons (Fsp3) is 0.190. The number of fused-ring (bicyclic) bond motifs is 1. The van der Waals surface area contributed by atoms with Crippen LogP contribution in [0.5, 0.6) is 0 Å². The van der Waals surface area contributed by atoms with Crippen LogP contribution in [0, 0.1) is 6.92 Å². The van der Waals surface area contributed by atoms with Crippen molar-refractivity contribution in [3.8, 4) is 11.3 Å². The molecular formula is C21H20ClN5. The molecule has 0 aliphatic carbocycles. The van der Waals surface area contributed by atoms with Gasteiger partial charge in [-0.05, 0) is 43.7 Å². The Hall–Kier alpha value is -2.92. The quantitative estimate of drug-likeness (QED) is 0.502. The number of anilines is 2. The minimum Gasteiger partial charge on any atom is -0.338 e. The van der Waals surface area contributed by atoms with Crippen LogP contribution in [-0.2, 0) is 6.42 Å². The van der Waals surface area contributed by atoms with Gasteiger partial charge >= 0.3 is 0 Å². The van der Waals surface area contributed by atoms with Crippen LogP contribution in [0.4, 0.5) is 11.5 Å². The summed E-state index contributed by atoms with van der Waals surface area (Å²) < 4.78 is 2.14. The summed E-state index contributed by atoms with van der Waals surface area (Å²) in [4.78, 5) is 13.6. The number of aromatic nitrogens is 4. The molecule has 0 saturated carbocycles. The molecule has 4 aromatic rings. The van der Waals surface area contributed by atoms with Crippen molar-refractivity contribution in [3.63, 3.8) is 0 Å². The molecule has 1 N–H and O–H groups in total. The predicted molar refractivity (Wildman–Crippen MR) is 110 cm³/mol. The normalized spacial score (nSPS) is 11.1. The Balaban J connectivity index is 1.71. The minimum atomic E-state index is 0.549.